The second-order valence-electron chi connectivity index (χ2n) is 6.91. The van der Waals surface area contributed by atoms with Crippen LogP contribution in [-0.4, -0.2) is 16.7 Å². The third-order valence-corrected chi connectivity index (χ3v) is 4.92. The van der Waals surface area contributed by atoms with E-state index in [1.54, 1.807) is 24.3 Å². The van der Waals surface area contributed by atoms with Gasteiger partial charge in [-0.2, -0.15) is 0 Å². The van der Waals surface area contributed by atoms with E-state index in [1.807, 2.05) is 66.4 Å². The van der Waals surface area contributed by atoms with E-state index in [0.717, 1.165) is 11.1 Å². The van der Waals surface area contributed by atoms with Crippen LogP contribution in [0.5, 0.6) is 0 Å². The zero-order chi connectivity index (χ0) is 20.8. The zero-order valence-electron chi connectivity index (χ0n) is 16.4. The second-order valence-corrected chi connectivity index (χ2v) is 7.35. The van der Waals surface area contributed by atoms with Crippen molar-refractivity contribution in [1.82, 2.24) is 4.90 Å². The molecular formula is C24H23ClN2O2. The number of nitrogens with one attached hydrogen (secondary N) is 1. The lowest BCUT2D eigenvalue weighted by Crippen LogP contribution is -2.33. The Balaban J connectivity index is 1.95. The Labute approximate surface area is 176 Å². The first-order valence-corrected chi connectivity index (χ1v) is 9.80. The summed E-state index contributed by atoms with van der Waals surface area (Å²) >= 11 is 6.11. The fraction of sp³-hybridized carbons (Fsp3) is 0.167. The van der Waals surface area contributed by atoms with Crippen LogP contribution in [0.2, 0.25) is 5.02 Å². The molecule has 0 radical (unpaired) electrons. The maximum Gasteiger partial charge on any atom is 0.254 e. The number of hydrogen-bond donors (Lipinski definition) is 1. The highest BCUT2D eigenvalue weighted by Gasteiger charge is 2.23. The Morgan fingerprint density at radius 3 is 2.38 bits per heavy atom. The molecule has 0 spiro atoms. The Morgan fingerprint density at radius 2 is 1.69 bits per heavy atom. The Hall–Kier alpha value is -3.11. The molecule has 5 heteroatoms. The van der Waals surface area contributed by atoms with Gasteiger partial charge in [-0.05, 0) is 48.4 Å². The fourth-order valence-corrected chi connectivity index (χ4v) is 3.40. The average molecular weight is 407 g/mol. The van der Waals surface area contributed by atoms with Gasteiger partial charge >= 0.3 is 0 Å². The maximum atomic E-state index is 13.4. The molecule has 3 aromatic rings. The van der Waals surface area contributed by atoms with Gasteiger partial charge in [0.15, 0.2) is 0 Å². The van der Waals surface area contributed by atoms with E-state index >= 15 is 0 Å². The van der Waals surface area contributed by atoms with Crippen molar-refractivity contribution < 1.29 is 9.59 Å². The monoisotopic (exact) mass is 406 g/mol. The molecule has 0 aliphatic carbocycles. The molecule has 1 N–H and O–H groups in total. The molecule has 0 bridgehead atoms. The van der Waals surface area contributed by atoms with E-state index in [0.29, 0.717) is 22.8 Å². The van der Waals surface area contributed by atoms with Crippen LogP contribution in [0.3, 0.4) is 0 Å². The van der Waals surface area contributed by atoms with Crippen LogP contribution in [0.1, 0.15) is 41.4 Å². The van der Waals surface area contributed by atoms with Crippen LogP contribution in [0.25, 0.3) is 0 Å². The van der Waals surface area contributed by atoms with Gasteiger partial charge in [-0.1, -0.05) is 60.1 Å². The van der Waals surface area contributed by atoms with Crippen molar-refractivity contribution in [3.63, 3.8) is 0 Å². The van der Waals surface area contributed by atoms with Crippen LogP contribution in [0, 0.1) is 0 Å². The lowest BCUT2D eigenvalue weighted by molar-refractivity contribution is -0.114. The summed E-state index contributed by atoms with van der Waals surface area (Å²) in [6.07, 6.45) is 0. The molecule has 148 valence electrons. The van der Waals surface area contributed by atoms with Gasteiger partial charge in [0.2, 0.25) is 5.91 Å². The number of anilines is 1. The van der Waals surface area contributed by atoms with Gasteiger partial charge in [0.25, 0.3) is 5.91 Å². The van der Waals surface area contributed by atoms with E-state index in [4.69, 9.17) is 11.6 Å². The predicted molar refractivity (Wildman–Crippen MR) is 117 cm³/mol. The highest BCUT2D eigenvalue weighted by Crippen LogP contribution is 2.27. The number of carbonyl (C=O) groups is 2. The van der Waals surface area contributed by atoms with E-state index in [2.05, 4.69) is 5.32 Å². The Bertz CT molecular complexity index is 1000. The second kappa shape index (κ2) is 9.39. The molecule has 0 saturated heterocycles. The maximum absolute atomic E-state index is 13.4. The summed E-state index contributed by atoms with van der Waals surface area (Å²) in [5, 5.41) is 3.32. The predicted octanol–water partition coefficient (Wildman–Crippen LogP) is 5.70. The average Bonchev–Trinajstić information content (AvgIpc) is 2.71. The summed E-state index contributed by atoms with van der Waals surface area (Å²) in [6, 6.07) is 24.2. The number of nitrogens with zero attached hydrogens (tertiary/aromatic N) is 1. The van der Waals surface area contributed by atoms with Crippen molar-refractivity contribution in [2.24, 2.45) is 0 Å². The molecule has 29 heavy (non-hydrogen) atoms. The highest BCUT2D eigenvalue weighted by molar-refractivity contribution is 6.30. The first kappa shape index (κ1) is 20.6. The molecule has 2 amide bonds. The van der Waals surface area contributed by atoms with Crippen molar-refractivity contribution in [1.29, 1.82) is 0 Å². The molecular weight excluding hydrogens is 384 g/mol. The van der Waals surface area contributed by atoms with Gasteiger partial charge < -0.3 is 10.2 Å². The molecule has 3 rings (SSSR count). The van der Waals surface area contributed by atoms with Gasteiger partial charge in [-0.15, -0.1) is 0 Å². The first-order valence-electron chi connectivity index (χ1n) is 9.42. The van der Waals surface area contributed by atoms with Crippen LogP contribution in [0.4, 0.5) is 5.69 Å². The molecule has 0 aliphatic rings. The normalized spacial score (nSPS) is 11.6. The van der Waals surface area contributed by atoms with Crippen LogP contribution in [-0.2, 0) is 11.3 Å². The number of benzene rings is 3. The van der Waals surface area contributed by atoms with Crippen molar-refractivity contribution in [2.75, 3.05) is 5.32 Å². The standard InChI is InChI=1S/C24H23ClN2O2/c1-17(20-10-7-13-23(15-20)26-18(2)28)27(16-19-8-4-3-5-9-19)24(29)21-11-6-12-22(25)14-21/h3-15,17H,16H2,1-2H3,(H,26,28)/t17-/m0/s1. The topological polar surface area (TPSA) is 49.4 Å². The summed E-state index contributed by atoms with van der Waals surface area (Å²) in [5.41, 5.74) is 3.21. The Kier molecular flexibility index (Phi) is 6.68. The minimum absolute atomic E-state index is 0.103. The highest BCUT2D eigenvalue weighted by atomic mass is 35.5. The Morgan fingerprint density at radius 1 is 0.966 bits per heavy atom. The summed E-state index contributed by atoms with van der Waals surface area (Å²) in [6.45, 7) is 3.91. The molecule has 4 nitrogen and oxygen atoms in total. The first-order chi connectivity index (χ1) is 13.9. The number of halogens is 1. The van der Waals surface area contributed by atoms with E-state index in [-0.39, 0.29) is 17.9 Å². The lowest BCUT2D eigenvalue weighted by atomic mass is 10.0. The smallest absolute Gasteiger partial charge is 0.254 e. The molecule has 0 aromatic heterocycles. The molecule has 0 saturated carbocycles. The third kappa shape index (κ3) is 5.46. The van der Waals surface area contributed by atoms with Gasteiger partial charge in [0.05, 0.1) is 6.04 Å². The van der Waals surface area contributed by atoms with Crippen molar-refractivity contribution in [3.8, 4) is 0 Å². The molecule has 0 unspecified atom stereocenters. The molecule has 0 aliphatic heterocycles. The van der Waals surface area contributed by atoms with Gasteiger partial charge in [-0.3, -0.25) is 9.59 Å². The van der Waals surface area contributed by atoms with Crippen LogP contribution in [0.15, 0.2) is 78.9 Å². The number of rotatable bonds is 6. The van der Waals surface area contributed by atoms with Gasteiger partial charge in [0.1, 0.15) is 0 Å². The van der Waals surface area contributed by atoms with Crippen molar-refractivity contribution >= 4 is 29.1 Å². The summed E-state index contributed by atoms with van der Waals surface area (Å²) < 4.78 is 0. The van der Waals surface area contributed by atoms with E-state index in [9.17, 15) is 9.59 Å². The third-order valence-electron chi connectivity index (χ3n) is 4.69. The number of carbonyl (C=O) groups excluding carboxylic acids is 2. The minimum atomic E-state index is -0.213. The molecule has 0 fully saturated rings. The summed E-state index contributed by atoms with van der Waals surface area (Å²) in [5.74, 6) is -0.236. The zero-order valence-corrected chi connectivity index (χ0v) is 17.2. The van der Waals surface area contributed by atoms with Gasteiger partial charge in [-0.25, -0.2) is 0 Å². The largest absolute Gasteiger partial charge is 0.328 e. The molecule has 0 heterocycles. The van der Waals surface area contributed by atoms with Gasteiger partial charge in [0, 0.05) is 29.7 Å². The van der Waals surface area contributed by atoms with Crippen LogP contribution >= 0.6 is 11.6 Å². The van der Waals surface area contributed by atoms with E-state index < -0.39 is 0 Å². The van der Waals surface area contributed by atoms with Crippen molar-refractivity contribution in [2.45, 2.75) is 26.4 Å². The minimum Gasteiger partial charge on any atom is -0.328 e. The molecule has 3 aromatic carbocycles. The quantitative estimate of drug-likeness (QED) is 0.570. The fourth-order valence-electron chi connectivity index (χ4n) is 3.21. The van der Waals surface area contributed by atoms with Crippen molar-refractivity contribution in [3.05, 3.63) is 101 Å². The van der Waals surface area contributed by atoms with E-state index in [1.165, 1.54) is 6.92 Å². The molecule has 1 atom stereocenters. The summed E-state index contributed by atoms with van der Waals surface area (Å²) in [4.78, 5) is 26.6. The summed E-state index contributed by atoms with van der Waals surface area (Å²) in [7, 11) is 0. The SMILES string of the molecule is CC(=O)Nc1cccc([C@H](C)N(Cc2ccccc2)C(=O)c2cccc(Cl)c2)c1. The lowest BCUT2D eigenvalue weighted by Gasteiger charge is -2.30. The number of hydrogen-bond acceptors (Lipinski definition) is 2. The van der Waals surface area contributed by atoms with Crippen LogP contribution < -0.4 is 5.32 Å². The number of amides is 2.